The van der Waals surface area contributed by atoms with Crippen molar-refractivity contribution in [3.63, 3.8) is 0 Å². The number of anilines is 1. The van der Waals surface area contributed by atoms with Gasteiger partial charge in [-0.3, -0.25) is 4.79 Å². The molecule has 0 saturated heterocycles. The number of aromatic nitrogens is 2. The van der Waals surface area contributed by atoms with Crippen molar-refractivity contribution in [3.05, 3.63) is 48.5 Å². The molecular weight excluding hydrogens is 274 g/mol. The second-order valence-electron chi connectivity index (χ2n) is 5.48. The first-order valence-corrected chi connectivity index (χ1v) is 7.53. The molecule has 0 saturated carbocycles. The minimum absolute atomic E-state index is 0.00913. The van der Waals surface area contributed by atoms with Crippen LogP contribution in [0.25, 0.3) is 22.4 Å². The highest BCUT2D eigenvalue weighted by Crippen LogP contribution is 2.23. The van der Waals surface area contributed by atoms with Gasteiger partial charge in [-0.25, -0.2) is 4.98 Å². The largest absolute Gasteiger partial charge is 0.338 e. The molecule has 22 heavy (non-hydrogen) atoms. The van der Waals surface area contributed by atoms with Crippen molar-refractivity contribution in [1.29, 1.82) is 0 Å². The number of imidazole rings is 1. The Morgan fingerprint density at radius 1 is 1.23 bits per heavy atom. The number of nitrogens with zero attached hydrogens (tertiary/aromatic N) is 1. The van der Waals surface area contributed by atoms with Gasteiger partial charge in [-0.15, -0.1) is 0 Å². The predicted octanol–water partition coefficient (Wildman–Crippen LogP) is 4.21. The highest BCUT2D eigenvalue weighted by atomic mass is 16.1. The van der Waals surface area contributed by atoms with Crippen LogP contribution < -0.4 is 5.32 Å². The number of aromatic amines is 1. The summed E-state index contributed by atoms with van der Waals surface area (Å²) >= 11 is 0. The Morgan fingerprint density at radius 3 is 2.82 bits per heavy atom. The zero-order valence-electron chi connectivity index (χ0n) is 12.8. The van der Waals surface area contributed by atoms with Crippen LogP contribution in [0.4, 0.5) is 5.69 Å². The number of benzene rings is 2. The van der Waals surface area contributed by atoms with E-state index in [1.165, 1.54) is 0 Å². The number of fused-ring (bicyclic) bond motifs is 1. The molecule has 0 aliphatic rings. The Kier molecular flexibility index (Phi) is 3.92. The molecule has 3 aromatic rings. The molecule has 2 N–H and O–H groups in total. The fourth-order valence-corrected chi connectivity index (χ4v) is 2.28. The number of nitrogens with one attached hydrogen (secondary N) is 2. The molecule has 0 aliphatic heterocycles. The van der Waals surface area contributed by atoms with Crippen LogP contribution in [0.15, 0.2) is 48.5 Å². The van der Waals surface area contributed by atoms with Crippen molar-refractivity contribution in [2.45, 2.75) is 20.3 Å². The molecule has 0 radical (unpaired) electrons. The molecular formula is C18H19N3O. The second-order valence-corrected chi connectivity index (χ2v) is 5.48. The summed E-state index contributed by atoms with van der Waals surface area (Å²) < 4.78 is 0. The van der Waals surface area contributed by atoms with E-state index in [0.29, 0.717) is 0 Å². The van der Waals surface area contributed by atoms with E-state index < -0.39 is 0 Å². The molecule has 1 atom stereocenters. The maximum Gasteiger partial charge on any atom is 0.227 e. The number of H-pyrrole nitrogens is 1. The Bertz CT molecular complexity index is 774. The molecule has 0 aliphatic carbocycles. The van der Waals surface area contributed by atoms with Gasteiger partial charge in [-0.1, -0.05) is 38.1 Å². The average Bonchev–Trinajstić information content (AvgIpc) is 2.98. The van der Waals surface area contributed by atoms with E-state index in [4.69, 9.17) is 0 Å². The van der Waals surface area contributed by atoms with Crippen LogP contribution in [-0.2, 0) is 4.79 Å². The highest BCUT2D eigenvalue weighted by molar-refractivity contribution is 5.93. The molecule has 1 aromatic heterocycles. The van der Waals surface area contributed by atoms with E-state index in [0.717, 1.165) is 34.5 Å². The first-order valence-electron chi connectivity index (χ1n) is 7.53. The van der Waals surface area contributed by atoms with Crippen LogP contribution in [0.5, 0.6) is 0 Å². The van der Waals surface area contributed by atoms with Crippen molar-refractivity contribution >= 4 is 22.6 Å². The SMILES string of the molecule is CCC(C)C(=O)Nc1cccc(-c2nc3ccccc3[nH]2)c1. The average molecular weight is 293 g/mol. The summed E-state index contributed by atoms with van der Waals surface area (Å²) in [6.07, 6.45) is 0.828. The molecule has 0 fully saturated rings. The number of para-hydroxylation sites is 2. The van der Waals surface area contributed by atoms with Crippen molar-refractivity contribution in [3.8, 4) is 11.4 Å². The van der Waals surface area contributed by atoms with Crippen LogP contribution >= 0.6 is 0 Å². The van der Waals surface area contributed by atoms with E-state index in [9.17, 15) is 4.79 Å². The van der Waals surface area contributed by atoms with Gasteiger partial charge in [0.25, 0.3) is 0 Å². The normalized spacial score (nSPS) is 12.3. The number of carbonyl (C=O) groups is 1. The summed E-state index contributed by atoms with van der Waals surface area (Å²) in [6, 6.07) is 15.7. The first-order chi connectivity index (χ1) is 10.7. The summed E-state index contributed by atoms with van der Waals surface area (Å²) in [6.45, 7) is 3.94. The Labute approximate surface area is 129 Å². The van der Waals surface area contributed by atoms with E-state index in [-0.39, 0.29) is 11.8 Å². The number of carbonyl (C=O) groups excluding carboxylic acids is 1. The van der Waals surface area contributed by atoms with Gasteiger partial charge in [-0.2, -0.15) is 0 Å². The third-order valence-corrected chi connectivity index (χ3v) is 3.85. The Hall–Kier alpha value is -2.62. The molecule has 3 rings (SSSR count). The molecule has 2 aromatic carbocycles. The quantitative estimate of drug-likeness (QED) is 0.757. The number of rotatable bonds is 4. The minimum atomic E-state index is 0.00913. The molecule has 1 amide bonds. The van der Waals surface area contributed by atoms with Gasteiger partial charge in [0.2, 0.25) is 5.91 Å². The summed E-state index contributed by atoms with van der Waals surface area (Å²) in [7, 11) is 0. The summed E-state index contributed by atoms with van der Waals surface area (Å²) in [4.78, 5) is 19.9. The maximum absolute atomic E-state index is 12.0. The van der Waals surface area contributed by atoms with Gasteiger partial charge in [-0.05, 0) is 30.7 Å². The Morgan fingerprint density at radius 2 is 2.05 bits per heavy atom. The fourth-order valence-electron chi connectivity index (χ4n) is 2.28. The summed E-state index contributed by atoms with van der Waals surface area (Å²) in [5.41, 5.74) is 3.69. The van der Waals surface area contributed by atoms with Crippen LogP contribution in [0, 0.1) is 5.92 Å². The zero-order chi connectivity index (χ0) is 15.5. The fraction of sp³-hybridized carbons (Fsp3) is 0.222. The van der Waals surface area contributed by atoms with Gasteiger partial charge >= 0.3 is 0 Å². The number of hydrogen-bond donors (Lipinski definition) is 2. The molecule has 1 unspecified atom stereocenters. The lowest BCUT2D eigenvalue weighted by atomic mass is 10.1. The summed E-state index contributed by atoms with van der Waals surface area (Å²) in [5, 5.41) is 2.96. The first kappa shape index (κ1) is 14.3. The van der Waals surface area contributed by atoms with Gasteiger partial charge in [0, 0.05) is 17.2 Å². The monoisotopic (exact) mass is 293 g/mol. The van der Waals surface area contributed by atoms with E-state index in [1.807, 2.05) is 62.4 Å². The third-order valence-electron chi connectivity index (χ3n) is 3.85. The second kappa shape index (κ2) is 6.02. The smallest absolute Gasteiger partial charge is 0.227 e. The van der Waals surface area contributed by atoms with Crippen LogP contribution in [0.2, 0.25) is 0 Å². The minimum Gasteiger partial charge on any atom is -0.338 e. The topological polar surface area (TPSA) is 57.8 Å². The summed E-state index contributed by atoms with van der Waals surface area (Å²) in [5.74, 6) is 0.861. The van der Waals surface area contributed by atoms with Gasteiger partial charge in [0.05, 0.1) is 11.0 Å². The maximum atomic E-state index is 12.0. The highest BCUT2D eigenvalue weighted by Gasteiger charge is 2.11. The molecule has 0 spiro atoms. The van der Waals surface area contributed by atoms with Crippen molar-refractivity contribution in [2.24, 2.45) is 5.92 Å². The standard InChI is InChI=1S/C18H19N3O/c1-3-12(2)18(22)19-14-8-6-7-13(11-14)17-20-15-9-4-5-10-16(15)21-17/h4-12H,3H2,1-2H3,(H,19,22)(H,20,21). The van der Waals surface area contributed by atoms with Gasteiger partial charge < -0.3 is 10.3 Å². The van der Waals surface area contributed by atoms with Crippen molar-refractivity contribution in [1.82, 2.24) is 9.97 Å². The third kappa shape index (κ3) is 2.86. The lowest BCUT2D eigenvalue weighted by molar-refractivity contribution is -0.119. The number of hydrogen-bond acceptors (Lipinski definition) is 2. The van der Waals surface area contributed by atoms with E-state index in [2.05, 4.69) is 15.3 Å². The van der Waals surface area contributed by atoms with Gasteiger partial charge in [0.1, 0.15) is 5.82 Å². The van der Waals surface area contributed by atoms with Crippen LogP contribution in [0.1, 0.15) is 20.3 Å². The molecule has 1 heterocycles. The Balaban J connectivity index is 1.89. The lowest BCUT2D eigenvalue weighted by Gasteiger charge is -2.10. The molecule has 112 valence electrons. The lowest BCUT2D eigenvalue weighted by Crippen LogP contribution is -2.19. The van der Waals surface area contributed by atoms with E-state index >= 15 is 0 Å². The van der Waals surface area contributed by atoms with Crippen LogP contribution in [-0.4, -0.2) is 15.9 Å². The van der Waals surface area contributed by atoms with Gasteiger partial charge in [0.15, 0.2) is 0 Å². The molecule has 0 bridgehead atoms. The zero-order valence-corrected chi connectivity index (χ0v) is 12.8. The molecule has 4 nitrogen and oxygen atoms in total. The van der Waals surface area contributed by atoms with E-state index in [1.54, 1.807) is 0 Å². The molecule has 4 heteroatoms. The van der Waals surface area contributed by atoms with Crippen molar-refractivity contribution in [2.75, 3.05) is 5.32 Å². The predicted molar refractivity (Wildman–Crippen MR) is 89.6 cm³/mol. The van der Waals surface area contributed by atoms with Crippen LogP contribution in [0.3, 0.4) is 0 Å². The number of amides is 1. The van der Waals surface area contributed by atoms with Crippen molar-refractivity contribution < 1.29 is 4.79 Å².